The smallest absolute Gasteiger partial charge is 0.0499 e. The maximum atomic E-state index is 3.67. The van der Waals surface area contributed by atoms with Crippen molar-refractivity contribution in [3.63, 3.8) is 0 Å². The van der Waals surface area contributed by atoms with E-state index in [-0.39, 0.29) is 0 Å². The lowest BCUT2D eigenvalue weighted by Crippen LogP contribution is -2.41. The summed E-state index contributed by atoms with van der Waals surface area (Å²) < 4.78 is 0. The van der Waals surface area contributed by atoms with Gasteiger partial charge in [-0.2, -0.15) is 0 Å². The van der Waals surface area contributed by atoms with Crippen LogP contribution in [-0.4, -0.2) is 35.6 Å². The summed E-state index contributed by atoms with van der Waals surface area (Å²) in [6.45, 7) is 6.95. The molecule has 1 aromatic carbocycles. The summed E-state index contributed by atoms with van der Waals surface area (Å²) in [6, 6.07) is 9.18. The third-order valence-corrected chi connectivity index (χ3v) is 4.30. The molecular weight excluding hydrogens is 246 g/mol. The molecule has 1 aliphatic heterocycles. The van der Waals surface area contributed by atoms with Gasteiger partial charge in [-0.15, -0.1) is 0 Å². The van der Waals surface area contributed by atoms with E-state index >= 15 is 0 Å². The molecule has 1 unspecified atom stereocenters. The Morgan fingerprint density at radius 3 is 2.90 bits per heavy atom. The molecule has 1 saturated heterocycles. The van der Waals surface area contributed by atoms with Gasteiger partial charge >= 0.3 is 0 Å². The SMILES string of the molecule is CC(CN1CCCCC1)NCc1cccc2cc[nH]c12. The van der Waals surface area contributed by atoms with Gasteiger partial charge in [0.2, 0.25) is 0 Å². The number of piperidine rings is 1. The first-order valence-electron chi connectivity index (χ1n) is 7.83. The van der Waals surface area contributed by atoms with Gasteiger partial charge in [0, 0.05) is 30.8 Å². The summed E-state index contributed by atoms with van der Waals surface area (Å²) in [6.07, 6.45) is 6.17. The van der Waals surface area contributed by atoms with Crippen LogP contribution in [0.3, 0.4) is 0 Å². The Balaban J connectivity index is 1.54. The van der Waals surface area contributed by atoms with Gasteiger partial charge in [0.15, 0.2) is 0 Å². The fourth-order valence-electron chi connectivity index (χ4n) is 3.18. The number of nitrogens with zero attached hydrogens (tertiary/aromatic N) is 1. The van der Waals surface area contributed by atoms with E-state index < -0.39 is 0 Å². The van der Waals surface area contributed by atoms with Crippen LogP contribution in [0.5, 0.6) is 0 Å². The third-order valence-electron chi connectivity index (χ3n) is 4.30. The lowest BCUT2D eigenvalue weighted by molar-refractivity contribution is 0.209. The van der Waals surface area contributed by atoms with Crippen molar-refractivity contribution in [1.82, 2.24) is 15.2 Å². The second kappa shape index (κ2) is 6.42. The number of aromatic nitrogens is 1. The molecule has 2 N–H and O–H groups in total. The lowest BCUT2D eigenvalue weighted by atomic mass is 10.1. The zero-order valence-corrected chi connectivity index (χ0v) is 12.4. The fourth-order valence-corrected chi connectivity index (χ4v) is 3.18. The molecule has 0 aliphatic carbocycles. The van der Waals surface area contributed by atoms with Gasteiger partial charge in [-0.1, -0.05) is 24.6 Å². The Morgan fingerprint density at radius 2 is 2.05 bits per heavy atom. The van der Waals surface area contributed by atoms with Crippen molar-refractivity contribution < 1.29 is 0 Å². The molecule has 1 fully saturated rings. The minimum Gasteiger partial charge on any atom is -0.361 e. The number of benzene rings is 1. The summed E-state index contributed by atoms with van der Waals surface area (Å²) >= 11 is 0. The minimum absolute atomic E-state index is 0.540. The second-order valence-corrected chi connectivity index (χ2v) is 6.00. The number of likely N-dealkylation sites (tertiary alicyclic amines) is 1. The number of H-pyrrole nitrogens is 1. The van der Waals surface area contributed by atoms with Gasteiger partial charge in [-0.3, -0.25) is 0 Å². The topological polar surface area (TPSA) is 31.1 Å². The van der Waals surface area contributed by atoms with Crippen molar-refractivity contribution in [2.24, 2.45) is 0 Å². The van der Waals surface area contributed by atoms with Crippen LogP contribution in [-0.2, 0) is 6.54 Å². The largest absolute Gasteiger partial charge is 0.361 e. The molecule has 0 saturated carbocycles. The predicted molar refractivity (Wildman–Crippen MR) is 84.9 cm³/mol. The lowest BCUT2D eigenvalue weighted by Gasteiger charge is -2.29. The van der Waals surface area contributed by atoms with Crippen molar-refractivity contribution in [2.75, 3.05) is 19.6 Å². The molecule has 0 bridgehead atoms. The molecule has 2 aromatic rings. The summed E-state index contributed by atoms with van der Waals surface area (Å²) in [5, 5.41) is 4.97. The van der Waals surface area contributed by atoms with Crippen LogP contribution in [0.15, 0.2) is 30.5 Å². The van der Waals surface area contributed by atoms with Crippen molar-refractivity contribution in [3.05, 3.63) is 36.0 Å². The van der Waals surface area contributed by atoms with E-state index in [1.807, 2.05) is 6.20 Å². The highest BCUT2D eigenvalue weighted by atomic mass is 15.1. The first kappa shape index (κ1) is 13.7. The molecule has 2 heterocycles. The van der Waals surface area contributed by atoms with Crippen molar-refractivity contribution in [2.45, 2.75) is 38.8 Å². The van der Waals surface area contributed by atoms with Gasteiger partial charge in [0.1, 0.15) is 0 Å². The van der Waals surface area contributed by atoms with Crippen molar-refractivity contribution in [3.8, 4) is 0 Å². The van der Waals surface area contributed by atoms with Crippen LogP contribution in [0, 0.1) is 0 Å². The zero-order valence-electron chi connectivity index (χ0n) is 12.4. The predicted octanol–water partition coefficient (Wildman–Crippen LogP) is 3.13. The number of rotatable bonds is 5. The number of hydrogen-bond acceptors (Lipinski definition) is 2. The minimum atomic E-state index is 0.540. The van der Waals surface area contributed by atoms with Gasteiger partial charge in [-0.05, 0) is 49.9 Å². The van der Waals surface area contributed by atoms with E-state index in [0.717, 1.165) is 6.54 Å². The highest BCUT2D eigenvalue weighted by Crippen LogP contribution is 2.17. The third kappa shape index (κ3) is 3.22. The zero-order chi connectivity index (χ0) is 13.8. The number of aromatic amines is 1. The molecule has 1 aliphatic rings. The molecular formula is C17H25N3. The molecule has 20 heavy (non-hydrogen) atoms. The summed E-state index contributed by atoms with van der Waals surface area (Å²) in [5.74, 6) is 0. The molecule has 1 atom stereocenters. The summed E-state index contributed by atoms with van der Waals surface area (Å²) in [4.78, 5) is 5.94. The highest BCUT2D eigenvalue weighted by molar-refractivity contribution is 5.82. The average Bonchev–Trinajstić information content (AvgIpc) is 2.95. The van der Waals surface area contributed by atoms with Crippen molar-refractivity contribution >= 4 is 10.9 Å². The normalized spacial score (nSPS) is 18.4. The molecule has 1 aromatic heterocycles. The fraction of sp³-hybridized carbons (Fsp3) is 0.529. The maximum Gasteiger partial charge on any atom is 0.0499 e. The highest BCUT2D eigenvalue weighted by Gasteiger charge is 2.13. The Hall–Kier alpha value is -1.32. The van der Waals surface area contributed by atoms with E-state index in [2.05, 4.69) is 46.4 Å². The summed E-state index contributed by atoms with van der Waals surface area (Å²) in [7, 11) is 0. The van der Waals surface area contributed by atoms with Crippen LogP contribution in [0.4, 0.5) is 0 Å². The van der Waals surface area contributed by atoms with E-state index in [9.17, 15) is 0 Å². The van der Waals surface area contributed by atoms with Crippen molar-refractivity contribution in [1.29, 1.82) is 0 Å². The molecule has 3 nitrogen and oxygen atoms in total. The Morgan fingerprint density at radius 1 is 1.20 bits per heavy atom. The second-order valence-electron chi connectivity index (χ2n) is 6.00. The Bertz CT molecular complexity index is 540. The first-order chi connectivity index (χ1) is 9.83. The number of nitrogens with one attached hydrogen (secondary N) is 2. The molecule has 0 amide bonds. The monoisotopic (exact) mass is 271 g/mol. The van der Waals surface area contributed by atoms with Crippen LogP contribution in [0.2, 0.25) is 0 Å². The number of hydrogen-bond donors (Lipinski definition) is 2. The molecule has 3 heteroatoms. The van der Waals surface area contributed by atoms with Crippen LogP contribution in [0.25, 0.3) is 10.9 Å². The summed E-state index contributed by atoms with van der Waals surface area (Å²) in [5.41, 5.74) is 2.63. The molecule has 0 radical (unpaired) electrons. The first-order valence-corrected chi connectivity index (χ1v) is 7.83. The molecule has 108 valence electrons. The average molecular weight is 271 g/mol. The standard InChI is InChI=1S/C17H25N3/c1-14(13-20-10-3-2-4-11-20)19-12-16-7-5-6-15-8-9-18-17(15)16/h5-9,14,18-19H,2-4,10-13H2,1H3. The Kier molecular flexibility index (Phi) is 4.38. The Labute approximate surface area is 121 Å². The van der Waals surface area contributed by atoms with Gasteiger partial charge in [0.25, 0.3) is 0 Å². The number of para-hydroxylation sites is 1. The van der Waals surface area contributed by atoms with E-state index in [4.69, 9.17) is 0 Å². The van der Waals surface area contributed by atoms with Crippen LogP contribution < -0.4 is 5.32 Å². The molecule has 0 spiro atoms. The van der Waals surface area contributed by atoms with Crippen LogP contribution in [0.1, 0.15) is 31.7 Å². The molecule has 3 rings (SSSR count). The van der Waals surface area contributed by atoms with Gasteiger partial charge in [-0.25, -0.2) is 0 Å². The van der Waals surface area contributed by atoms with Gasteiger partial charge < -0.3 is 15.2 Å². The van der Waals surface area contributed by atoms with E-state index in [1.54, 1.807) is 0 Å². The van der Waals surface area contributed by atoms with Gasteiger partial charge in [0.05, 0.1) is 0 Å². The van der Waals surface area contributed by atoms with Crippen LogP contribution >= 0.6 is 0 Å². The quantitative estimate of drug-likeness (QED) is 0.875. The number of fused-ring (bicyclic) bond motifs is 1. The van der Waals surface area contributed by atoms with E-state index in [1.165, 1.54) is 55.4 Å². The maximum absolute atomic E-state index is 3.67. The van der Waals surface area contributed by atoms with E-state index in [0.29, 0.717) is 6.04 Å².